The predicted molar refractivity (Wildman–Crippen MR) is 88.6 cm³/mol. The van der Waals surface area contributed by atoms with Gasteiger partial charge >= 0.3 is 5.97 Å². The third-order valence-corrected chi connectivity index (χ3v) is 3.51. The van der Waals surface area contributed by atoms with Crippen molar-refractivity contribution < 1.29 is 19.4 Å². The highest BCUT2D eigenvalue weighted by Gasteiger charge is 2.19. The summed E-state index contributed by atoms with van der Waals surface area (Å²) in [6.45, 7) is 1.53. The first kappa shape index (κ1) is 17.1. The summed E-state index contributed by atoms with van der Waals surface area (Å²) in [5, 5.41) is 12.4. The van der Waals surface area contributed by atoms with Gasteiger partial charge in [0.1, 0.15) is 5.75 Å². The molecule has 2 aromatic carbocycles. The number of carboxylic acid groups (broad SMARTS) is 1. The summed E-state index contributed by atoms with van der Waals surface area (Å²) in [6.07, 6.45) is -0.879. The summed E-state index contributed by atoms with van der Waals surface area (Å²) in [5.41, 5.74) is 0.195. The van der Waals surface area contributed by atoms with Crippen LogP contribution in [0.1, 0.15) is 17.3 Å². The minimum Gasteiger partial charge on any atom is -0.479 e. The molecule has 1 atom stereocenters. The van der Waals surface area contributed by atoms with Crippen LogP contribution in [-0.4, -0.2) is 23.1 Å². The molecule has 5 nitrogen and oxygen atoms in total. The molecule has 2 rings (SSSR count). The average Bonchev–Trinajstić information content (AvgIpc) is 2.50. The van der Waals surface area contributed by atoms with E-state index in [0.29, 0.717) is 10.8 Å². The first-order valence-corrected chi connectivity index (χ1v) is 7.39. The van der Waals surface area contributed by atoms with Gasteiger partial charge in [0.25, 0.3) is 5.91 Å². The fraction of sp³-hybridized carbons (Fsp3) is 0.125. The minimum atomic E-state index is -1.13. The van der Waals surface area contributed by atoms with Crippen molar-refractivity contribution in [3.8, 4) is 5.75 Å². The van der Waals surface area contributed by atoms with Gasteiger partial charge in [-0.3, -0.25) is 4.79 Å². The van der Waals surface area contributed by atoms with E-state index in [0.717, 1.165) is 0 Å². The summed E-state index contributed by atoms with van der Waals surface area (Å²) in [7, 11) is 0. The molecule has 0 spiro atoms. The van der Waals surface area contributed by atoms with Crippen LogP contribution in [0, 0.1) is 0 Å². The first-order chi connectivity index (χ1) is 10.9. The summed E-state index contributed by atoms with van der Waals surface area (Å²) >= 11 is 11.8. The number of aromatic carboxylic acids is 1. The second-order valence-corrected chi connectivity index (χ2v) is 5.52. The molecule has 0 saturated carbocycles. The van der Waals surface area contributed by atoms with Crippen molar-refractivity contribution in [2.45, 2.75) is 13.0 Å². The van der Waals surface area contributed by atoms with E-state index in [4.69, 9.17) is 33.0 Å². The van der Waals surface area contributed by atoms with E-state index in [2.05, 4.69) is 5.32 Å². The number of halogens is 2. The van der Waals surface area contributed by atoms with E-state index in [-0.39, 0.29) is 16.3 Å². The molecule has 0 unspecified atom stereocenters. The molecule has 23 heavy (non-hydrogen) atoms. The van der Waals surface area contributed by atoms with Crippen LogP contribution in [0.15, 0.2) is 42.5 Å². The Balaban J connectivity index is 2.10. The second-order valence-electron chi connectivity index (χ2n) is 4.67. The number of hydrogen-bond acceptors (Lipinski definition) is 3. The number of carboxylic acids is 1. The van der Waals surface area contributed by atoms with Crippen molar-refractivity contribution in [1.82, 2.24) is 0 Å². The molecule has 2 aromatic rings. The van der Waals surface area contributed by atoms with Gasteiger partial charge in [-0.1, -0.05) is 35.3 Å². The maximum atomic E-state index is 12.2. The zero-order chi connectivity index (χ0) is 17.0. The summed E-state index contributed by atoms with van der Waals surface area (Å²) in [6, 6.07) is 10.8. The third-order valence-electron chi connectivity index (χ3n) is 2.98. The van der Waals surface area contributed by atoms with Crippen LogP contribution in [-0.2, 0) is 4.79 Å². The number of benzene rings is 2. The van der Waals surface area contributed by atoms with Gasteiger partial charge in [0.05, 0.1) is 16.3 Å². The SMILES string of the molecule is C[C@@H](Oc1ccc(Cl)cc1Cl)C(=O)Nc1ccccc1C(=O)O. The summed E-state index contributed by atoms with van der Waals surface area (Å²) in [4.78, 5) is 23.3. The second kappa shape index (κ2) is 7.35. The highest BCUT2D eigenvalue weighted by atomic mass is 35.5. The van der Waals surface area contributed by atoms with Crippen molar-refractivity contribution in [1.29, 1.82) is 0 Å². The number of anilines is 1. The zero-order valence-electron chi connectivity index (χ0n) is 12.0. The van der Waals surface area contributed by atoms with Crippen molar-refractivity contribution in [2.24, 2.45) is 0 Å². The van der Waals surface area contributed by atoms with Gasteiger partial charge in [-0.2, -0.15) is 0 Å². The van der Waals surface area contributed by atoms with Crippen molar-refractivity contribution in [2.75, 3.05) is 5.32 Å². The molecule has 0 radical (unpaired) electrons. The van der Waals surface area contributed by atoms with E-state index < -0.39 is 18.0 Å². The lowest BCUT2D eigenvalue weighted by molar-refractivity contribution is -0.122. The molecular weight excluding hydrogens is 341 g/mol. The van der Waals surface area contributed by atoms with Crippen LogP contribution < -0.4 is 10.1 Å². The van der Waals surface area contributed by atoms with Gasteiger partial charge in [0.15, 0.2) is 6.10 Å². The van der Waals surface area contributed by atoms with Crippen LogP contribution in [0.5, 0.6) is 5.75 Å². The summed E-state index contributed by atoms with van der Waals surface area (Å²) < 4.78 is 5.48. The Morgan fingerprint density at radius 3 is 2.52 bits per heavy atom. The van der Waals surface area contributed by atoms with Crippen LogP contribution in [0.3, 0.4) is 0 Å². The molecule has 120 valence electrons. The van der Waals surface area contributed by atoms with Crippen molar-refractivity contribution in [3.05, 3.63) is 58.1 Å². The van der Waals surface area contributed by atoms with E-state index in [1.807, 2.05) is 0 Å². The van der Waals surface area contributed by atoms with E-state index in [9.17, 15) is 9.59 Å². The Hall–Kier alpha value is -2.24. The summed E-state index contributed by atoms with van der Waals surface area (Å²) in [5.74, 6) is -1.31. The molecule has 0 fully saturated rings. The molecule has 2 N–H and O–H groups in total. The van der Waals surface area contributed by atoms with Gasteiger partial charge in [0.2, 0.25) is 0 Å². The van der Waals surface area contributed by atoms with Crippen LogP contribution in [0.25, 0.3) is 0 Å². The number of carbonyl (C=O) groups is 2. The highest BCUT2D eigenvalue weighted by molar-refractivity contribution is 6.35. The van der Waals surface area contributed by atoms with E-state index in [1.54, 1.807) is 24.3 Å². The number of hydrogen-bond donors (Lipinski definition) is 2. The fourth-order valence-corrected chi connectivity index (χ4v) is 2.28. The first-order valence-electron chi connectivity index (χ1n) is 6.63. The Labute approximate surface area is 142 Å². The lowest BCUT2D eigenvalue weighted by atomic mass is 10.1. The smallest absolute Gasteiger partial charge is 0.337 e. The third kappa shape index (κ3) is 4.37. The number of carbonyl (C=O) groups excluding carboxylic acids is 1. The number of nitrogens with one attached hydrogen (secondary N) is 1. The van der Waals surface area contributed by atoms with Gasteiger partial charge in [-0.25, -0.2) is 4.79 Å². The molecular formula is C16H13Cl2NO4. The van der Waals surface area contributed by atoms with E-state index in [1.165, 1.54) is 25.1 Å². The molecule has 0 aromatic heterocycles. The van der Waals surface area contributed by atoms with Crippen LogP contribution in [0.4, 0.5) is 5.69 Å². The molecule has 0 aliphatic rings. The Morgan fingerprint density at radius 1 is 1.17 bits per heavy atom. The molecule has 0 aliphatic carbocycles. The van der Waals surface area contributed by atoms with Crippen molar-refractivity contribution in [3.63, 3.8) is 0 Å². The number of para-hydroxylation sites is 1. The quantitative estimate of drug-likeness (QED) is 0.848. The Kier molecular flexibility index (Phi) is 5.47. The van der Waals surface area contributed by atoms with Crippen molar-refractivity contribution >= 4 is 40.8 Å². The predicted octanol–water partition coefficient (Wildman–Crippen LogP) is 4.10. The molecule has 0 aliphatic heterocycles. The number of ether oxygens (including phenoxy) is 1. The normalized spacial score (nSPS) is 11.6. The number of amides is 1. The van der Waals surface area contributed by atoms with Crippen LogP contribution in [0.2, 0.25) is 10.0 Å². The molecule has 0 saturated heterocycles. The Morgan fingerprint density at radius 2 is 1.87 bits per heavy atom. The molecule has 7 heteroatoms. The van der Waals surface area contributed by atoms with Gasteiger partial charge in [0, 0.05) is 5.02 Å². The maximum Gasteiger partial charge on any atom is 0.337 e. The van der Waals surface area contributed by atoms with Crippen LogP contribution >= 0.6 is 23.2 Å². The Bertz CT molecular complexity index is 749. The number of rotatable bonds is 5. The minimum absolute atomic E-state index is 0.00225. The molecule has 0 bridgehead atoms. The van der Waals surface area contributed by atoms with Gasteiger partial charge < -0.3 is 15.2 Å². The fourth-order valence-electron chi connectivity index (χ4n) is 1.83. The molecule has 0 heterocycles. The largest absolute Gasteiger partial charge is 0.479 e. The zero-order valence-corrected chi connectivity index (χ0v) is 13.6. The average molecular weight is 354 g/mol. The lowest BCUT2D eigenvalue weighted by Gasteiger charge is -2.16. The molecule has 1 amide bonds. The van der Waals surface area contributed by atoms with E-state index >= 15 is 0 Å². The maximum absolute atomic E-state index is 12.2. The monoisotopic (exact) mass is 353 g/mol. The van der Waals surface area contributed by atoms with Gasteiger partial charge in [-0.05, 0) is 37.3 Å². The standard InChI is InChI=1S/C16H13Cl2NO4/c1-9(23-14-7-6-10(17)8-12(14)18)15(20)19-13-5-3-2-4-11(13)16(21)22/h2-9H,1H3,(H,19,20)(H,21,22)/t9-/m1/s1. The highest BCUT2D eigenvalue weighted by Crippen LogP contribution is 2.28. The van der Waals surface area contributed by atoms with Gasteiger partial charge in [-0.15, -0.1) is 0 Å². The lowest BCUT2D eigenvalue weighted by Crippen LogP contribution is -2.30. The topological polar surface area (TPSA) is 75.6 Å².